The van der Waals surface area contributed by atoms with Gasteiger partial charge >= 0.3 is 12.1 Å². The molecule has 1 aliphatic rings. The molecule has 0 radical (unpaired) electrons. The Hall–Kier alpha value is -3.47. The second-order valence-corrected chi connectivity index (χ2v) is 10.3. The third-order valence-electron chi connectivity index (χ3n) is 6.66. The van der Waals surface area contributed by atoms with E-state index in [-0.39, 0.29) is 31.9 Å². The Morgan fingerprint density at radius 3 is 2.21 bits per heavy atom. The fourth-order valence-corrected chi connectivity index (χ4v) is 4.61. The smallest absolute Gasteiger partial charge is 0.404 e. The molecule has 5 atom stereocenters. The summed E-state index contributed by atoms with van der Waals surface area (Å²) >= 11 is 0. The molecule has 1 heterocycles. The number of hydrogen-bond donors (Lipinski definition) is 4. The summed E-state index contributed by atoms with van der Waals surface area (Å²) in [6.07, 6.45) is -2.37. The van der Waals surface area contributed by atoms with E-state index < -0.39 is 47.9 Å². The van der Waals surface area contributed by atoms with Crippen molar-refractivity contribution in [1.29, 1.82) is 0 Å². The van der Waals surface area contributed by atoms with Crippen LogP contribution in [-0.4, -0.2) is 55.5 Å². The lowest BCUT2D eigenvalue weighted by Gasteiger charge is -2.30. The van der Waals surface area contributed by atoms with Crippen molar-refractivity contribution in [2.75, 3.05) is 13.2 Å². The van der Waals surface area contributed by atoms with Gasteiger partial charge in [0.2, 0.25) is 5.91 Å². The Bertz CT molecular complexity index is 1070. The van der Waals surface area contributed by atoms with Gasteiger partial charge in [-0.15, -0.1) is 0 Å². The van der Waals surface area contributed by atoms with Crippen molar-refractivity contribution < 1.29 is 28.6 Å². The van der Waals surface area contributed by atoms with Crippen LogP contribution in [0.25, 0.3) is 0 Å². The summed E-state index contributed by atoms with van der Waals surface area (Å²) in [4.78, 5) is 36.7. The van der Waals surface area contributed by atoms with Crippen molar-refractivity contribution >= 4 is 18.0 Å². The summed E-state index contributed by atoms with van der Waals surface area (Å²) < 4.78 is 17.3. The predicted molar refractivity (Wildman–Crippen MR) is 142 cm³/mol. The topological polar surface area (TPSA) is 169 Å². The molecule has 3 rings (SSSR count). The zero-order chi connectivity index (χ0) is 27.7. The summed E-state index contributed by atoms with van der Waals surface area (Å²) in [5.41, 5.74) is 18.9. The van der Waals surface area contributed by atoms with Gasteiger partial charge < -0.3 is 36.7 Å². The van der Waals surface area contributed by atoms with Gasteiger partial charge in [0.05, 0.1) is 6.61 Å². The molecule has 2 aromatic carbocycles. The molecule has 5 unspecified atom stereocenters. The van der Waals surface area contributed by atoms with Crippen molar-refractivity contribution in [2.24, 2.45) is 22.6 Å². The van der Waals surface area contributed by atoms with Crippen LogP contribution in [0.1, 0.15) is 43.9 Å². The molecular weight excluding hydrogens is 488 g/mol. The molecule has 206 valence electrons. The average Bonchev–Trinajstić information content (AvgIpc) is 3.16. The average molecular weight is 527 g/mol. The Balaban J connectivity index is 1.75. The van der Waals surface area contributed by atoms with Crippen molar-refractivity contribution in [2.45, 2.75) is 63.5 Å². The molecule has 0 saturated carbocycles. The Morgan fingerprint density at radius 2 is 1.66 bits per heavy atom. The highest BCUT2D eigenvalue weighted by Crippen LogP contribution is 2.32. The number of carbonyl (C=O) groups excluding carboxylic acids is 3. The third kappa shape index (κ3) is 8.27. The maximum atomic E-state index is 13.1. The zero-order valence-electron chi connectivity index (χ0n) is 21.9. The van der Waals surface area contributed by atoms with E-state index in [2.05, 4.69) is 5.32 Å². The highest BCUT2D eigenvalue weighted by Gasteiger charge is 2.45. The number of nitrogens with one attached hydrogen (secondary N) is 1. The Labute approximate surface area is 223 Å². The van der Waals surface area contributed by atoms with Crippen LogP contribution in [0.5, 0.6) is 0 Å². The maximum absolute atomic E-state index is 13.1. The normalized spacial score (nSPS) is 19.6. The van der Waals surface area contributed by atoms with Crippen LogP contribution < -0.4 is 22.5 Å². The molecule has 0 aromatic heterocycles. The number of esters is 1. The number of ether oxygens (including phenoxy) is 3. The fraction of sp³-hybridized carbons (Fsp3) is 0.464. The molecule has 10 nitrogen and oxygen atoms in total. The van der Waals surface area contributed by atoms with Crippen molar-refractivity contribution in [3.63, 3.8) is 0 Å². The van der Waals surface area contributed by atoms with E-state index in [4.69, 9.17) is 31.4 Å². The summed E-state index contributed by atoms with van der Waals surface area (Å²) in [5.74, 6) is -0.769. The van der Waals surface area contributed by atoms with Gasteiger partial charge in [-0.3, -0.25) is 4.79 Å². The first-order valence-electron chi connectivity index (χ1n) is 12.7. The van der Waals surface area contributed by atoms with Gasteiger partial charge in [0, 0.05) is 37.3 Å². The molecule has 0 bridgehead atoms. The van der Waals surface area contributed by atoms with Gasteiger partial charge in [0.1, 0.15) is 24.4 Å². The molecule has 38 heavy (non-hydrogen) atoms. The second kappa shape index (κ2) is 13.4. The first kappa shape index (κ1) is 29.1. The van der Waals surface area contributed by atoms with Crippen LogP contribution in [0.15, 0.2) is 60.7 Å². The third-order valence-corrected chi connectivity index (χ3v) is 6.66. The van der Waals surface area contributed by atoms with E-state index in [1.54, 1.807) is 0 Å². The number of rotatable bonds is 13. The first-order chi connectivity index (χ1) is 18.1. The van der Waals surface area contributed by atoms with E-state index in [9.17, 15) is 14.4 Å². The molecule has 1 fully saturated rings. The van der Waals surface area contributed by atoms with Gasteiger partial charge in [-0.25, -0.2) is 9.59 Å². The Kier molecular flexibility index (Phi) is 10.2. The van der Waals surface area contributed by atoms with Crippen LogP contribution in [0, 0.1) is 5.41 Å². The standard InChI is InChI=1S/C28H38N4O6/c1-28(2)15-24(33)32-25(28)26(34)37-20(14-21(30)19-11-7-4-8-12-19)17-36-23(16-29)22(38-27(31)35)13-18-9-5-3-6-10-18/h3-12,20-23,25H,13-17,29-30H2,1-2H3,(H2,31,35)(H,32,33). The van der Waals surface area contributed by atoms with Gasteiger partial charge in [0.25, 0.3) is 0 Å². The van der Waals surface area contributed by atoms with Crippen molar-refractivity contribution in [3.8, 4) is 0 Å². The number of carbonyl (C=O) groups is 3. The molecule has 10 heteroatoms. The first-order valence-corrected chi connectivity index (χ1v) is 12.7. The number of benzene rings is 2. The minimum absolute atomic E-state index is 0.0297. The van der Waals surface area contributed by atoms with Crippen LogP contribution in [0.3, 0.4) is 0 Å². The zero-order valence-corrected chi connectivity index (χ0v) is 21.9. The fourth-order valence-electron chi connectivity index (χ4n) is 4.61. The SMILES string of the molecule is CC1(C)CC(=O)NC1C(=O)OC(COC(CN)C(Cc1ccccc1)OC(N)=O)CC(N)c1ccccc1. The van der Waals surface area contributed by atoms with Crippen molar-refractivity contribution in [3.05, 3.63) is 71.8 Å². The van der Waals surface area contributed by atoms with E-state index in [1.807, 2.05) is 74.5 Å². The monoisotopic (exact) mass is 526 g/mol. The molecule has 7 N–H and O–H groups in total. The number of nitrogens with two attached hydrogens (primary N) is 3. The summed E-state index contributed by atoms with van der Waals surface area (Å²) in [5, 5.41) is 2.70. The molecule has 2 amide bonds. The van der Waals surface area contributed by atoms with E-state index in [1.165, 1.54) is 0 Å². The van der Waals surface area contributed by atoms with E-state index in [0.29, 0.717) is 6.42 Å². The lowest BCUT2D eigenvalue weighted by atomic mass is 9.85. The highest BCUT2D eigenvalue weighted by atomic mass is 16.6. The largest absolute Gasteiger partial charge is 0.458 e. The summed E-state index contributed by atoms with van der Waals surface area (Å²) in [6, 6.07) is 17.6. The molecule has 2 aromatic rings. The van der Waals surface area contributed by atoms with Gasteiger partial charge in [-0.05, 0) is 11.1 Å². The quantitative estimate of drug-likeness (QED) is 0.287. The lowest BCUT2D eigenvalue weighted by Crippen LogP contribution is -2.46. The minimum Gasteiger partial charge on any atom is -0.458 e. The van der Waals surface area contributed by atoms with E-state index >= 15 is 0 Å². The molecule has 1 saturated heterocycles. The molecule has 0 aliphatic carbocycles. The van der Waals surface area contributed by atoms with Gasteiger partial charge in [0.15, 0.2) is 0 Å². The van der Waals surface area contributed by atoms with Crippen LogP contribution in [0.4, 0.5) is 4.79 Å². The van der Waals surface area contributed by atoms with Gasteiger partial charge in [-0.2, -0.15) is 0 Å². The number of hydrogen-bond acceptors (Lipinski definition) is 8. The second-order valence-electron chi connectivity index (χ2n) is 10.3. The lowest BCUT2D eigenvalue weighted by molar-refractivity contribution is -0.160. The van der Waals surface area contributed by atoms with Crippen molar-refractivity contribution in [1.82, 2.24) is 5.32 Å². The minimum atomic E-state index is -0.943. The van der Waals surface area contributed by atoms with Crippen LogP contribution in [-0.2, 0) is 30.2 Å². The summed E-state index contributed by atoms with van der Waals surface area (Å²) in [6.45, 7) is 3.64. The van der Waals surface area contributed by atoms with Crippen LogP contribution in [0.2, 0.25) is 0 Å². The highest BCUT2D eigenvalue weighted by molar-refractivity contribution is 5.89. The summed E-state index contributed by atoms with van der Waals surface area (Å²) in [7, 11) is 0. The maximum Gasteiger partial charge on any atom is 0.404 e. The predicted octanol–water partition coefficient (Wildman–Crippen LogP) is 1.95. The number of primary amides is 1. The number of amides is 2. The van der Waals surface area contributed by atoms with E-state index in [0.717, 1.165) is 11.1 Å². The molecular formula is C28H38N4O6. The molecule has 1 aliphatic heterocycles. The Morgan fingerprint density at radius 1 is 1.03 bits per heavy atom. The van der Waals surface area contributed by atoms with Crippen LogP contribution >= 0.6 is 0 Å². The molecule has 0 spiro atoms. The van der Waals surface area contributed by atoms with Gasteiger partial charge in [-0.1, -0.05) is 74.5 Å².